The van der Waals surface area contributed by atoms with E-state index in [1.165, 1.54) is 16.3 Å². The van der Waals surface area contributed by atoms with Gasteiger partial charge in [-0.25, -0.2) is 4.98 Å². The van der Waals surface area contributed by atoms with Gasteiger partial charge in [0.05, 0.1) is 16.4 Å². The fourth-order valence-electron chi connectivity index (χ4n) is 2.63. The summed E-state index contributed by atoms with van der Waals surface area (Å²) in [5, 5.41) is 12.0. The summed E-state index contributed by atoms with van der Waals surface area (Å²) in [6.45, 7) is 11.3. The molecule has 0 N–H and O–H groups in total. The first-order valence-corrected chi connectivity index (χ1v) is 8.75. The van der Waals surface area contributed by atoms with E-state index in [1.807, 2.05) is 6.92 Å². The number of thiazole rings is 1. The SMILES string of the molecule is CCc1nc(CN2CCN(c3cc(C)c(C)nn3)CC2)cs1. The first-order chi connectivity index (χ1) is 10.7. The Balaban J connectivity index is 1.56. The van der Waals surface area contributed by atoms with Crippen molar-refractivity contribution in [3.63, 3.8) is 0 Å². The average molecular weight is 317 g/mol. The highest BCUT2D eigenvalue weighted by Crippen LogP contribution is 2.17. The van der Waals surface area contributed by atoms with Crippen LogP contribution < -0.4 is 4.90 Å². The molecule has 1 fully saturated rings. The first kappa shape index (κ1) is 15.4. The van der Waals surface area contributed by atoms with Crippen molar-refractivity contribution in [2.75, 3.05) is 31.1 Å². The summed E-state index contributed by atoms with van der Waals surface area (Å²) in [6, 6.07) is 2.14. The minimum absolute atomic E-state index is 0.961. The van der Waals surface area contributed by atoms with Gasteiger partial charge in [0.15, 0.2) is 5.82 Å². The van der Waals surface area contributed by atoms with E-state index in [1.54, 1.807) is 11.3 Å². The zero-order chi connectivity index (χ0) is 15.5. The summed E-state index contributed by atoms with van der Waals surface area (Å²) >= 11 is 1.77. The lowest BCUT2D eigenvalue weighted by Crippen LogP contribution is -2.46. The molecule has 118 valence electrons. The molecule has 0 spiro atoms. The van der Waals surface area contributed by atoms with Gasteiger partial charge in [-0.1, -0.05) is 6.92 Å². The lowest BCUT2D eigenvalue weighted by molar-refractivity contribution is 0.246. The van der Waals surface area contributed by atoms with Crippen LogP contribution in [0.15, 0.2) is 11.4 Å². The lowest BCUT2D eigenvalue weighted by atomic mass is 10.2. The van der Waals surface area contributed by atoms with Gasteiger partial charge < -0.3 is 4.90 Å². The number of hydrogen-bond donors (Lipinski definition) is 0. The molecule has 3 heterocycles. The molecule has 2 aromatic heterocycles. The predicted molar refractivity (Wildman–Crippen MR) is 90.5 cm³/mol. The molecule has 5 nitrogen and oxygen atoms in total. The van der Waals surface area contributed by atoms with E-state index in [0.717, 1.165) is 50.7 Å². The van der Waals surface area contributed by atoms with Crippen LogP contribution in [0.5, 0.6) is 0 Å². The van der Waals surface area contributed by atoms with Crippen molar-refractivity contribution in [1.82, 2.24) is 20.1 Å². The molecular formula is C16H23N5S. The number of aryl methyl sites for hydroxylation is 3. The third-order valence-corrected chi connectivity index (χ3v) is 5.24. The third kappa shape index (κ3) is 3.44. The first-order valence-electron chi connectivity index (χ1n) is 7.87. The molecule has 0 bridgehead atoms. The summed E-state index contributed by atoms with van der Waals surface area (Å²) in [4.78, 5) is 9.46. The highest BCUT2D eigenvalue weighted by atomic mass is 32.1. The Labute approximate surface area is 136 Å². The van der Waals surface area contributed by atoms with E-state index < -0.39 is 0 Å². The van der Waals surface area contributed by atoms with Crippen molar-refractivity contribution in [3.05, 3.63) is 33.4 Å². The minimum Gasteiger partial charge on any atom is -0.353 e. The molecule has 0 atom stereocenters. The van der Waals surface area contributed by atoms with Crippen molar-refractivity contribution in [2.24, 2.45) is 0 Å². The number of anilines is 1. The Morgan fingerprint density at radius 2 is 1.91 bits per heavy atom. The maximum atomic E-state index is 4.66. The van der Waals surface area contributed by atoms with E-state index in [-0.39, 0.29) is 0 Å². The van der Waals surface area contributed by atoms with Gasteiger partial charge in [0.2, 0.25) is 0 Å². The van der Waals surface area contributed by atoms with Gasteiger partial charge in [0, 0.05) is 38.1 Å². The van der Waals surface area contributed by atoms with Gasteiger partial charge in [-0.3, -0.25) is 4.90 Å². The van der Waals surface area contributed by atoms with Crippen molar-refractivity contribution < 1.29 is 0 Å². The maximum absolute atomic E-state index is 4.66. The van der Waals surface area contributed by atoms with Crippen LogP contribution in [-0.4, -0.2) is 46.3 Å². The topological polar surface area (TPSA) is 45.2 Å². The maximum Gasteiger partial charge on any atom is 0.151 e. The Morgan fingerprint density at radius 3 is 2.55 bits per heavy atom. The van der Waals surface area contributed by atoms with Crippen molar-refractivity contribution in [1.29, 1.82) is 0 Å². The van der Waals surface area contributed by atoms with Gasteiger partial charge in [-0.05, 0) is 31.9 Å². The fourth-order valence-corrected chi connectivity index (χ4v) is 3.37. The molecule has 0 saturated carbocycles. The van der Waals surface area contributed by atoms with Crippen LogP contribution in [0.25, 0.3) is 0 Å². The van der Waals surface area contributed by atoms with E-state index in [9.17, 15) is 0 Å². The van der Waals surface area contributed by atoms with Crippen LogP contribution in [-0.2, 0) is 13.0 Å². The number of hydrogen-bond acceptors (Lipinski definition) is 6. The van der Waals surface area contributed by atoms with Crippen molar-refractivity contribution >= 4 is 17.2 Å². The molecular weight excluding hydrogens is 294 g/mol. The molecule has 6 heteroatoms. The van der Waals surface area contributed by atoms with Crippen LogP contribution in [0.3, 0.4) is 0 Å². The Morgan fingerprint density at radius 1 is 1.14 bits per heavy atom. The molecule has 22 heavy (non-hydrogen) atoms. The Bertz CT molecular complexity index is 631. The lowest BCUT2D eigenvalue weighted by Gasteiger charge is -2.34. The normalized spacial score (nSPS) is 16.2. The summed E-state index contributed by atoms with van der Waals surface area (Å²) in [5.41, 5.74) is 3.43. The van der Waals surface area contributed by atoms with Crippen LogP contribution in [0, 0.1) is 13.8 Å². The third-order valence-electron chi connectivity index (χ3n) is 4.20. The Kier molecular flexibility index (Phi) is 4.69. The number of aromatic nitrogens is 3. The predicted octanol–water partition coefficient (Wildman–Crippen LogP) is 2.43. The molecule has 2 aromatic rings. The Hall–Kier alpha value is -1.53. The smallest absolute Gasteiger partial charge is 0.151 e. The van der Waals surface area contributed by atoms with Crippen LogP contribution in [0.1, 0.15) is 28.9 Å². The largest absolute Gasteiger partial charge is 0.353 e. The quantitative estimate of drug-likeness (QED) is 0.866. The summed E-state index contributed by atoms with van der Waals surface area (Å²) < 4.78 is 0. The highest BCUT2D eigenvalue weighted by molar-refractivity contribution is 7.09. The van der Waals surface area contributed by atoms with Gasteiger partial charge in [0.25, 0.3) is 0 Å². The number of nitrogens with zero attached hydrogens (tertiary/aromatic N) is 5. The zero-order valence-corrected chi connectivity index (χ0v) is 14.4. The van der Waals surface area contributed by atoms with Crippen LogP contribution in [0.4, 0.5) is 5.82 Å². The fraction of sp³-hybridized carbons (Fsp3) is 0.562. The number of piperazine rings is 1. The second-order valence-electron chi connectivity index (χ2n) is 5.82. The second-order valence-corrected chi connectivity index (χ2v) is 6.76. The molecule has 0 aromatic carbocycles. The molecule has 0 unspecified atom stereocenters. The van der Waals surface area contributed by atoms with E-state index in [0.29, 0.717) is 0 Å². The molecule has 3 rings (SSSR count). The van der Waals surface area contributed by atoms with E-state index in [4.69, 9.17) is 0 Å². The van der Waals surface area contributed by atoms with Gasteiger partial charge in [0.1, 0.15) is 0 Å². The second kappa shape index (κ2) is 6.71. The molecule has 1 aliphatic heterocycles. The standard InChI is InChI=1S/C16H23N5S/c1-4-16-17-14(11-22-16)10-20-5-7-21(8-6-20)15-9-12(2)13(3)18-19-15/h9,11H,4-8,10H2,1-3H3. The van der Waals surface area contributed by atoms with Gasteiger partial charge in [-0.2, -0.15) is 5.10 Å². The van der Waals surface area contributed by atoms with E-state index in [2.05, 4.69) is 50.3 Å². The monoisotopic (exact) mass is 317 g/mol. The van der Waals surface area contributed by atoms with Crippen LogP contribution >= 0.6 is 11.3 Å². The molecule has 0 radical (unpaired) electrons. The molecule has 1 saturated heterocycles. The molecule has 0 amide bonds. The number of rotatable bonds is 4. The molecule has 1 aliphatic rings. The van der Waals surface area contributed by atoms with E-state index >= 15 is 0 Å². The summed E-state index contributed by atoms with van der Waals surface area (Å²) in [7, 11) is 0. The molecule has 0 aliphatic carbocycles. The van der Waals surface area contributed by atoms with Gasteiger partial charge >= 0.3 is 0 Å². The van der Waals surface area contributed by atoms with Crippen molar-refractivity contribution in [3.8, 4) is 0 Å². The summed E-state index contributed by atoms with van der Waals surface area (Å²) in [5.74, 6) is 1.00. The minimum atomic E-state index is 0.961. The summed E-state index contributed by atoms with van der Waals surface area (Å²) in [6.07, 6.45) is 1.03. The zero-order valence-electron chi connectivity index (χ0n) is 13.5. The van der Waals surface area contributed by atoms with Gasteiger partial charge in [-0.15, -0.1) is 16.4 Å². The highest BCUT2D eigenvalue weighted by Gasteiger charge is 2.19. The van der Waals surface area contributed by atoms with Crippen LogP contribution in [0.2, 0.25) is 0 Å². The van der Waals surface area contributed by atoms with Crippen molar-refractivity contribution in [2.45, 2.75) is 33.7 Å². The average Bonchev–Trinajstić information content (AvgIpc) is 2.98.